The minimum atomic E-state index is 1.12. The average Bonchev–Trinajstić information content (AvgIpc) is 1.55. The van der Waals surface area contributed by atoms with Gasteiger partial charge in [-0.1, -0.05) is 218 Å². The maximum Gasteiger partial charge on any atom is 0.0547 e. The molecule has 3 nitrogen and oxygen atoms in total. The van der Waals surface area contributed by atoms with E-state index >= 15 is 0 Å². The molecule has 0 aliphatic heterocycles. The molecule has 102 heavy (non-hydrogen) atoms. The summed E-state index contributed by atoms with van der Waals surface area (Å²) in [5.41, 5.74) is 24.6. The maximum absolute atomic E-state index is 2.45. The van der Waals surface area contributed by atoms with E-state index in [9.17, 15) is 0 Å². The molecule has 22 aromatic rings. The molecule has 6 heteroatoms. The molecule has 0 N–H and O–H groups in total. The number of benzene rings is 16. The van der Waals surface area contributed by atoms with Crippen LogP contribution < -0.4 is 0 Å². The summed E-state index contributed by atoms with van der Waals surface area (Å²) in [6.07, 6.45) is 0. The Balaban J connectivity index is 0.659. The first-order chi connectivity index (χ1) is 50.5. The molecule has 0 radical (unpaired) electrons. The molecule has 0 saturated heterocycles. The van der Waals surface area contributed by atoms with Gasteiger partial charge in [-0.05, 0) is 194 Å². The van der Waals surface area contributed by atoms with Gasteiger partial charge in [0.05, 0.1) is 33.1 Å². The van der Waals surface area contributed by atoms with Crippen LogP contribution in [-0.4, -0.2) is 13.7 Å². The first-order valence-electron chi connectivity index (χ1n) is 34.8. The zero-order valence-corrected chi connectivity index (χ0v) is 57.4. The molecule has 0 unspecified atom stereocenters. The highest BCUT2D eigenvalue weighted by Gasteiger charge is 2.20. The van der Waals surface area contributed by atoms with E-state index in [-0.39, 0.29) is 0 Å². The molecule has 0 amide bonds. The van der Waals surface area contributed by atoms with E-state index in [1.807, 2.05) is 34.0 Å². The first kappa shape index (κ1) is 57.5. The Labute approximate surface area is 598 Å². The lowest BCUT2D eigenvalue weighted by Gasteiger charge is -2.15. The highest BCUT2D eigenvalue weighted by atomic mass is 32.1. The van der Waals surface area contributed by atoms with Crippen LogP contribution in [0.3, 0.4) is 0 Å². The van der Waals surface area contributed by atoms with E-state index in [0.29, 0.717) is 0 Å². The molecule has 0 saturated carbocycles. The van der Waals surface area contributed by atoms with Crippen molar-refractivity contribution >= 4 is 160 Å². The third kappa shape index (κ3) is 9.03. The smallest absolute Gasteiger partial charge is 0.0547 e. The van der Waals surface area contributed by atoms with Gasteiger partial charge in [-0.2, -0.15) is 0 Å². The monoisotopic (exact) mass is 1350 g/mol. The number of rotatable bonds is 9. The zero-order valence-electron chi connectivity index (χ0n) is 55.0. The van der Waals surface area contributed by atoms with Gasteiger partial charge in [0.25, 0.3) is 0 Å². The van der Waals surface area contributed by atoms with Gasteiger partial charge in [0.15, 0.2) is 0 Å². The molecule has 0 fully saturated rings. The van der Waals surface area contributed by atoms with Gasteiger partial charge in [0.2, 0.25) is 0 Å². The number of aromatic nitrogens is 3. The van der Waals surface area contributed by atoms with Crippen molar-refractivity contribution in [1.82, 2.24) is 13.7 Å². The summed E-state index contributed by atoms with van der Waals surface area (Å²) < 4.78 is 15.2. The minimum Gasteiger partial charge on any atom is -0.309 e. The summed E-state index contributed by atoms with van der Waals surface area (Å²) in [4.78, 5) is 0. The minimum absolute atomic E-state index is 1.12. The molecule has 16 aromatic carbocycles. The Morgan fingerprint density at radius 3 is 0.647 bits per heavy atom. The van der Waals surface area contributed by atoms with Gasteiger partial charge in [0.1, 0.15) is 0 Å². The highest BCUT2D eigenvalue weighted by Crippen LogP contribution is 2.45. The number of nitrogens with zero attached hydrogens (tertiary/aromatic N) is 3. The Morgan fingerprint density at radius 2 is 0.353 bits per heavy atom. The molecule has 0 bridgehead atoms. The van der Waals surface area contributed by atoms with Crippen LogP contribution in [0.5, 0.6) is 0 Å². The number of hydrogen-bond donors (Lipinski definition) is 0. The second-order valence-electron chi connectivity index (χ2n) is 27.1. The SMILES string of the molecule is c1ccc2c(c1)sc1cc(-c3ccc4c5ccccc5n(-c5ccc(-c6cc(-c7ccc(-n8c9ccccc9c9ccc(-c%10ccc%11c(c%10)sc%10ccccc%10%11)cc98)cc7)cc(-c7ccc(-n8c9ccccc9c9ccc(-c%10ccc%11c(c%10)sc%10ccccc%10%11)cc98)cc7)c6)cc5)c4c3)ccc12. The normalized spacial score (nSPS) is 12.1. The van der Waals surface area contributed by atoms with Gasteiger partial charge in [-0.25, -0.2) is 0 Å². The fourth-order valence-corrected chi connectivity index (χ4v) is 20.0. The highest BCUT2D eigenvalue weighted by molar-refractivity contribution is 7.26. The molecule has 0 aliphatic carbocycles. The summed E-state index contributed by atoms with van der Waals surface area (Å²) in [5, 5.41) is 15.3. The number of fused-ring (bicyclic) bond motifs is 18. The Bertz CT molecular complexity index is 6530. The van der Waals surface area contributed by atoms with Crippen molar-refractivity contribution in [3.8, 4) is 83.8 Å². The van der Waals surface area contributed by atoms with E-state index in [1.54, 1.807) is 0 Å². The van der Waals surface area contributed by atoms with Crippen molar-refractivity contribution in [3.63, 3.8) is 0 Å². The van der Waals surface area contributed by atoms with Gasteiger partial charge in [0, 0.05) is 110 Å². The molecule has 22 rings (SSSR count). The standard InChI is InChI=1S/C96H57N3S3/c1-7-19-85-73(13-1)76-43-31-61(64-34-46-82-79-16-4-10-22-91(79)100-94(82)55-64)52-88(76)97(85)70-37-25-58(26-38-70)67-49-68(59-27-39-71(40-28-59)98-86-20-8-2-14-74(86)77-44-32-62(53-89(77)98)65-35-47-83-80-17-5-11-23-92(80)101-95(83)56-65)51-69(50-67)60-29-41-72(42-30-60)99-87-21-9-3-15-75(87)78-45-33-63(54-90(78)99)66-36-48-84-81-18-6-12-24-93(81)102-96(84)57-66/h1-57H. The predicted octanol–water partition coefficient (Wildman–Crippen LogP) is 28.1. The third-order valence-corrected chi connectivity index (χ3v) is 24.9. The van der Waals surface area contributed by atoms with E-state index in [2.05, 4.69) is 359 Å². The molecule has 6 aromatic heterocycles. The topological polar surface area (TPSA) is 14.8 Å². The van der Waals surface area contributed by atoms with Gasteiger partial charge < -0.3 is 13.7 Å². The van der Waals surface area contributed by atoms with E-state index in [4.69, 9.17) is 0 Å². The van der Waals surface area contributed by atoms with Crippen LogP contribution in [-0.2, 0) is 0 Å². The molecule has 474 valence electrons. The van der Waals surface area contributed by atoms with Crippen molar-refractivity contribution in [2.24, 2.45) is 0 Å². The van der Waals surface area contributed by atoms with Gasteiger partial charge in [-0.15, -0.1) is 34.0 Å². The largest absolute Gasteiger partial charge is 0.309 e. The summed E-state index contributed by atoms with van der Waals surface area (Å²) in [6, 6.07) is 130. The Hall–Kier alpha value is -12.4. The summed E-state index contributed by atoms with van der Waals surface area (Å²) in [7, 11) is 0. The quantitative estimate of drug-likeness (QED) is 0.137. The van der Waals surface area contributed by atoms with Gasteiger partial charge in [-0.3, -0.25) is 0 Å². The van der Waals surface area contributed by atoms with Crippen LogP contribution >= 0.6 is 34.0 Å². The molecular formula is C96H57N3S3. The fraction of sp³-hybridized carbons (Fsp3) is 0. The summed E-state index contributed by atoms with van der Waals surface area (Å²) in [6.45, 7) is 0. The lowest BCUT2D eigenvalue weighted by molar-refractivity contribution is 1.18. The van der Waals surface area contributed by atoms with Crippen LogP contribution in [0, 0.1) is 0 Å². The van der Waals surface area contributed by atoms with E-state index < -0.39 is 0 Å². The van der Waals surface area contributed by atoms with E-state index in [1.165, 1.54) is 159 Å². The third-order valence-electron chi connectivity index (χ3n) is 21.5. The molecule has 0 atom stereocenters. The molecular weight excluding hydrogens is 1290 g/mol. The fourth-order valence-electron chi connectivity index (χ4n) is 16.5. The summed E-state index contributed by atoms with van der Waals surface area (Å²) >= 11 is 5.61. The lowest BCUT2D eigenvalue weighted by atomic mass is 9.93. The maximum atomic E-state index is 2.45. The molecule has 0 spiro atoms. The molecule has 0 aliphatic rings. The van der Waals surface area contributed by atoms with Crippen molar-refractivity contribution in [1.29, 1.82) is 0 Å². The number of para-hydroxylation sites is 3. The van der Waals surface area contributed by atoms with Crippen molar-refractivity contribution in [3.05, 3.63) is 346 Å². The number of hydrogen-bond acceptors (Lipinski definition) is 3. The Kier molecular flexibility index (Phi) is 12.7. The van der Waals surface area contributed by atoms with Crippen LogP contribution in [0.15, 0.2) is 346 Å². The second kappa shape index (κ2) is 22.5. The Morgan fingerprint density at radius 1 is 0.137 bits per heavy atom. The second-order valence-corrected chi connectivity index (χ2v) is 30.4. The van der Waals surface area contributed by atoms with Gasteiger partial charge >= 0.3 is 0 Å². The van der Waals surface area contributed by atoms with Crippen LogP contribution in [0.25, 0.3) is 210 Å². The average molecular weight is 1350 g/mol. The lowest BCUT2D eigenvalue weighted by Crippen LogP contribution is -1.95. The zero-order chi connectivity index (χ0) is 66.7. The van der Waals surface area contributed by atoms with Crippen LogP contribution in [0.2, 0.25) is 0 Å². The van der Waals surface area contributed by atoms with Crippen molar-refractivity contribution in [2.75, 3.05) is 0 Å². The van der Waals surface area contributed by atoms with Crippen molar-refractivity contribution in [2.45, 2.75) is 0 Å². The predicted molar refractivity (Wildman–Crippen MR) is 441 cm³/mol. The van der Waals surface area contributed by atoms with Crippen LogP contribution in [0.4, 0.5) is 0 Å². The summed E-state index contributed by atoms with van der Waals surface area (Å²) in [5.74, 6) is 0. The van der Waals surface area contributed by atoms with E-state index in [0.717, 1.165) is 50.4 Å². The first-order valence-corrected chi connectivity index (χ1v) is 37.3. The van der Waals surface area contributed by atoms with Crippen LogP contribution in [0.1, 0.15) is 0 Å². The van der Waals surface area contributed by atoms with Crippen molar-refractivity contribution < 1.29 is 0 Å². The molecule has 6 heterocycles. The number of thiophene rings is 3.